The second kappa shape index (κ2) is 36.3. The number of rotatable bonds is 38. The number of ether oxygens (including phenoxy) is 2. The number of esters is 2. The van der Waals surface area contributed by atoms with Crippen molar-refractivity contribution in [2.75, 3.05) is 47.5 Å². The first-order valence-electron chi connectivity index (χ1n) is 21.4. The van der Waals surface area contributed by atoms with E-state index in [-0.39, 0.29) is 32.2 Å². The second-order valence-corrected chi connectivity index (χ2v) is 17.0. The number of aliphatic hydroxyl groups is 1. The second-order valence-electron chi connectivity index (χ2n) is 15.5. The zero-order valence-electron chi connectivity index (χ0n) is 35.5. The summed E-state index contributed by atoms with van der Waals surface area (Å²) in [6.45, 7) is 4.06. The Labute approximate surface area is 336 Å². The Morgan fingerprint density at radius 2 is 1.13 bits per heavy atom. The predicted octanol–water partition coefficient (Wildman–Crippen LogP) is 10.9. The molecule has 320 valence electrons. The molecule has 0 rings (SSSR count). The van der Waals surface area contributed by atoms with Crippen LogP contribution in [0, 0.1) is 0 Å². The molecule has 1 unspecified atom stereocenters. The molecule has 0 aliphatic rings. The van der Waals surface area contributed by atoms with Crippen LogP contribution in [0.25, 0.3) is 0 Å². The summed E-state index contributed by atoms with van der Waals surface area (Å²) in [5.41, 5.74) is 0. The topological polar surface area (TPSA) is 129 Å². The predicted molar refractivity (Wildman–Crippen MR) is 226 cm³/mol. The Balaban J connectivity index is 4.47. The Morgan fingerprint density at radius 3 is 1.65 bits per heavy atom. The molecule has 2 N–H and O–H groups in total. The lowest BCUT2D eigenvalue weighted by Crippen LogP contribution is -2.37. The van der Waals surface area contributed by atoms with Crippen molar-refractivity contribution in [3.05, 3.63) is 48.6 Å². The number of unbranched alkanes of at least 4 members (excludes halogenated alkanes) is 13. The molecule has 0 aromatic carbocycles. The number of allylic oxidation sites excluding steroid dienone is 8. The van der Waals surface area contributed by atoms with E-state index in [1.165, 1.54) is 57.8 Å². The van der Waals surface area contributed by atoms with Gasteiger partial charge in [-0.05, 0) is 57.8 Å². The minimum atomic E-state index is -4.39. The fourth-order valence-corrected chi connectivity index (χ4v) is 6.20. The largest absolute Gasteiger partial charge is 0.472 e. The van der Waals surface area contributed by atoms with Crippen molar-refractivity contribution in [3.8, 4) is 0 Å². The molecule has 0 aliphatic carbocycles. The smallest absolute Gasteiger partial charge is 0.462 e. The molecule has 0 heterocycles. The van der Waals surface area contributed by atoms with Crippen molar-refractivity contribution in [3.63, 3.8) is 0 Å². The Morgan fingerprint density at radius 1 is 0.636 bits per heavy atom. The van der Waals surface area contributed by atoms with Gasteiger partial charge in [-0.2, -0.15) is 0 Å². The normalized spacial score (nSPS) is 14.7. The monoisotopic (exact) mass is 799 g/mol. The number of phosphoric acid groups is 1. The van der Waals surface area contributed by atoms with Crippen LogP contribution in [0.15, 0.2) is 48.6 Å². The van der Waals surface area contributed by atoms with Crippen molar-refractivity contribution < 1.29 is 47.2 Å². The number of likely N-dealkylation sites (N-methyl/N-ethyl adjacent to an activating group) is 1. The molecule has 0 spiro atoms. The quantitative estimate of drug-likeness (QED) is 0.0206. The third kappa shape index (κ3) is 39.9. The maximum absolute atomic E-state index is 12.7. The first-order valence-corrected chi connectivity index (χ1v) is 22.9. The number of carbonyl (C=O) groups excluding carboxylic acids is 2. The lowest BCUT2D eigenvalue weighted by atomic mass is 10.0. The zero-order valence-corrected chi connectivity index (χ0v) is 36.4. The lowest BCUT2D eigenvalue weighted by molar-refractivity contribution is -0.870. The molecule has 0 amide bonds. The van der Waals surface area contributed by atoms with Crippen LogP contribution in [0.5, 0.6) is 0 Å². The van der Waals surface area contributed by atoms with E-state index in [4.69, 9.17) is 18.5 Å². The molecule has 10 nitrogen and oxygen atoms in total. The van der Waals surface area contributed by atoms with Gasteiger partial charge in [0.15, 0.2) is 6.10 Å². The molecular weight excluding hydrogens is 717 g/mol. The molecule has 0 fully saturated rings. The van der Waals surface area contributed by atoms with Gasteiger partial charge in [0.05, 0.1) is 33.9 Å². The van der Waals surface area contributed by atoms with E-state index in [9.17, 15) is 24.2 Å². The van der Waals surface area contributed by atoms with Crippen LogP contribution in [0.2, 0.25) is 0 Å². The van der Waals surface area contributed by atoms with Crippen LogP contribution in [0.3, 0.4) is 0 Å². The molecule has 0 saturated carbocycles. The average molecular weight is 799 g/mol. The molecule has 0 aliphatic heterocycles. The highest BCUT2D eigenvalue weighted by Crippen LogP contribution is 2.43. The summed E-state index contributed by atoms with van der Waals surface area (Å²) >= 11 is 0. The molecule has 55 heavy (non-hydrogen) atoms. The van der Waals surface area contributed by atoms with Gasteiger partial charge in [-0.1, -0.05) is 140 Å². The van der Waals surface area contributed by atoms with Crippen LogP contribution in [0.1, 0.15) is 162 Å². The number of phosphoric ester groups is 1. The Hall–Kier alpha value is -2.07. The van der Waals surface area contributed by atoms with Gasteiger partial charge in [-0.25, -0.2) is 4.57 Å². The Kier molecular flexibility index (Phi) is 34.9. The van der Waals surface area contributed by atoms with Gasteiger partial charge in [0.1, 0.15) is 19.8 Å². The summed E-state index contributed by atoms with van der Waals surface area (Å²) in [6, 6.07) is 0. The van der Waals surface area contributed by atoms with Gasteiger partial charge in [0.25, 0.3) is 0 Å². The molecule has 0 radical (unpaired) electrons. The number of hydrogen-bond donors (Lipinski definition) is 2. The fourth-order valence-electron chi connectivity index (χ4n) is 5.46. The molecule has 3 atom stereocenters. The van der Waals surface area contributed by atoms with Crippen LogP contribution < -0.4 is 0 Å². The first kappa shape index (κ1) is 52.9. The summed E-state index contributed by atoms with van der Waals surface area (Å²) in [5, 5.41) is 9.56. The minimum Gasteiger partial charge on any atom is -0.462 e. The summed E-state index contributed by atoms with van der Waals surface area (Å²) < 4.78 is 34.2. The SMILES string of the molecule is CCCCCCCCCCCCCCCC(=O)O[C@H](COC(=O)CCC/C=C\C/C=C\C/C=C\C/C=C\CC[C@@H](O)CC)COP(=O)(O)OCC[N+](C)(C)C. The van der Waals surface area contributed by atoms with Crippen LogP contribution in [-0.2, 0) is 32.7 Å². The number of aliphatic hydroxyl groups excluding tert-OH is 1. The van der Waals surface area contributed by atoms with E-state index in [0.29, 0.717) is 23.9 Å². The summed E-state index contributed by atoms with van der Waals surface area (Å²) in [6.07, 6.45) is 38.2. The zero-order chi connectivity index (χ0) is 40.9. The third-order valence-electron chi connectivity index (χ3n) is 9.03. The highest BCUT2D eigenvalue weighted by molar-refractivity contribution is 7.47. The molecule has 0 aromatic rings. The fraction of sp³-hybridized carbons (Fsp3) is 0.773. The highest BCUT2D eigenvalue weighted by atomic mass is 31.2. The van der Waals surface area contributed by atoms with Crippen molar-refractivity contribution >= 4 is 19.8 Å². The maximum atomic E-state index is 12.7. The maximum Gasteiger partial charge on any atom is 0.472 e. The first-order chi connectivity index (χ1) is 26.4. The van der Waals surface area contributed by atoms with Crippen LogP contribution in [-0.4, -0.2) is 86.1 Å². The Bertz CT molecular complexity index is 1100. The number of quaternary nitrogens is 1. The van der Waals surface area contributed by atoms with E-state index < -0.39 is 32.5 Å². The van der Waals surface area contributed by atoms with Gasteiger partial charge in [-0.3, -0.25) is 18.6 Å². The van der Waals surface area contributed by atoms with Crippen molar-refractivity contribution in [2.24, 2.45) is 0 Å². The summed E-state index contributed by atoms with van der Waals surface area (Å²) in [7, 11) is 1.42. The number of hydrogen-bond acceptors (Lipinski definition) is 8. The van der Waals surface area contributed by atoms with Crippen molar-refractivity contribution in [1.82, 2.24) is 0 Å². The molecule has 0 bridgehead atoms. The van der Waals surface area contributed by atoms with E-state index in [1.807, 2.05) is 34.1 Å². The number of carbonyl (C=O) groups is 2. The average Bonchev–Trinajstić information content (AvgIpc) is 3.13. The van der Waals surface area contributed by atoms with Crippen LogP contribution >= 0.6 is 7.82 Å². The van der Waals surface area contributed by atoms with Gasteiger partial charge in [0.2, 0.25) is 0 Å². The van der Waals surface area contributed by atoms with Gasteiger partial charge in [0, 0.05) is 12.8 Å². The van der Waals surface area contributed by atoms with Gasteiger partial charge in [-0.15, -0.1) is 0 Å². The standard InChI is InChI=1S/C44H80NO9P/c1-6-8-9-10-11-12-13-16-21-24-27-30-33-36-44(48)54-42(40-53-55(49,50)52-38-37-45(3,4)5)39-51-43(47)35-32-29-26-23-20-18-15-14-17-19-22-25-28-31-34-41(46)7-2/h15,17-19,23,25-26,28,41-42,46H,6-14,16,20-22,24,27,29-40H2,1-5H3/p+1/b18-15-,19-17-,26-23-,28-25-/t41-,42+/m0/s1. The lowest BCUT2D eigenvalue weighted by Gasteiger charge is -2.24. The van der Waals surface area contributed by atoms with E-state index in [2.05, 4.69) is 49.5 Å². The van der Waals surface area contributed by atoms with E-state index in [0.717, 1.165) is 64.2 Å². The van der Waals surface area contributed by atoms with E-state index in [1.54, 1.807) is 0 Å². The number of nitrogens with zero attached hydrogens (tertiary/aromatic N) is 1. The molecule has 11 heteroatoms. The van der Waals surface area contributed by atoms with Gasteiger partial charge >= 0.3 is 19.8 Å². The van der Waals surface area contributed by atoms with Gasteiger partial charge < -0.3 is 24.0 Å². The van der Waals surface area contributed by atoms with Crippen LogP contribution in [0.4, 0.5) is 0 Å². The van der Waals surface area contributed by atoms with Crippen molar-refractivity contribution in [2.45, 2.75) is 174 Å². The highest BCUT2D eigenvalue weighted by Gasteiger charge is 2.27. The molecular formula is C44H81NO9P+. The molecule has 0 saturated heterocycles. The van der Waals surface area contributed by atoms with E-state index >= 15 is 0 Å². The summed E-state index contributed by atoms with van der Waals surface area (Å²) in [4.78, 5) is 35.3. The minimum absolute atomic E-state index is 0.0171. The third-order valence-corrected chi connectivity index (χ3v) is 10.0. The summed E-state index contributed by atoms with van der Waals surface area (Å²) in [5.74, 6) is -0.883. The van der Waals surface area contributed by atoms with Crippen molar-refractivity contribution in [1.29, 1.82) is 0 Å². The molecule has 0 aromatic heterocycles.